The summed E-state index contributed by atoms with van der Waals surface area (Å²) >= 11 is 5.18. The summed E-state index contributed by atoms with van der Waals surface area (Å²) in [5.41, 5.74) is 0. The molecule has 0 radical (unpaired) electrons. The summed E-state index contributed by atoms with van der Waals surface area (Å²) < 4.78 is 4.97. The predicted molar refractivity (Wildman–Crippen MR) is 83.1 cm³/mol. The van der Waals surface area contributed by atoms with Gasteiger partial charge in [0.15, 0.2) is 5.11 Å². The van der Waals surface area contributed by atoms with E-state index >= 15 is 0 Å². The van der Waals surface area contributed by atoms with Crippen molar-refractivity contribution in [1.82, 2.24) is 10.6 Å². The fourth-order valence-electron chi connectivity index (χ4n) is 1.76. The van der Waals surface area contributed by atoms with Crippen molar-refractivity contribution in [1.29, 1.82) is 0 Å². The van der Waals surface area contributed by atoms with Crippen molar-refractivity contribution in [2.24, 2.45) is 0 Å². The minimum atomic E-state index is 0.775. The van der Waals surface area contributed by atoms with E-state index in [-0.39, 0.29) is 0 Å². The van der Waals surface area contributed by atoms with Crippen LogP contribution in [-0.2, 0) is 4.74 Å². The summed E-state index contributed by atoms with van der Waals surface area (Å²) in [6, 6.07) is 0. The van der Waals surface area contributed by atoms with Crippen LogP contribution < -0.4 is 10.6 Å². The molecule has 0 aromatic carbocycles. The fraction of sp³-hybridized carbons (Fsp3) is 0.929. The Hall–Kier alpha value is -0.350. The molecule has 0 aliphatic carbocycles. The summed E-state index contributed by atoms with van der Waals surface area (Å²) in [6.45, 7) is 4.92. The summed E-state index contributed by atoms with van der Waals surface area (Å²) in [5, 5.41) is 7.19. The maximum absolute atomic E-state index is 5.18. The fourth-order valence-corrected chi connectivity index (χ4v) is 1.97. The van der Waals surface area contributed by atoms with Crippen molar-refractivity contribution in [2.75, 3.05) is 26.8 Å². The first-order chi connectivity index (χ1) is 8.81. The van der Waals surface area contributed by atoms with Gasteiger partial charge in [-0.3, -0.25) is 0 Å². The SMILES string of the molecule is CCCCCCCCCNC(=S)NCCCOC. The number of hydrogen-bond donors (Lipinski definition) is 2. The second-order valence-corrected chi connectivity index (χ2v) is 5.06. The minimum Gasteiger partial charge on any atom is -0.385 e. The van der Waals surface area contributed by atoms with Gasteiger partial charge in [0, 0.05) is 26.8 Å². The number of nitrogens with one attached hydrogen (secondary N) is 2. The van der Waals surface area contributed by atoms with Crippen LogP contribution in [0.3, 0.4) is 0 Å². The standard InChI is InChI=1S/C14H30N2OS/c1-3-4-5-6-7-8-9-11-15-14(18)16-12-10-13-17-2/h3-13H2,1-2H3,(H2,15,16,18). The van der Waals surface area contributed by atoms with Gasteiger partial charge < -0.3 is 15.4 Å². The summed E-state index contributed by atoms with van der Waals surface area (Å²) in [6.07, 6.45) is 10.4. The van der Waals surface area contributed by atoms with Gasteiger partial charge in [0.1, 0.15) is 0 Å². The van der Waals surface area contributed by atoms with Crippen LogP contribution in [0.2, 0.25) is 0 Å². The molecule has 0 atom stereocenters. The Labute approximate surface area is 118 Å². The third kappa shape index (κ3) is 13.7. The van der Waals surface area contributed by atoms with Crippen LogP contribution in [0.4, 0.5) is 0 Å². The molecule has 18 heavy (non-hydrogen) atoms. The highest BCUT2D eigenvalue weighted by Gasteiger charge is 1.95. The first-order valence-electron chi connectivity index (χ1n) is 7.32. The molecule has 3 nitrogen and oxygen atoms in total. The molecule has 0 spiro atoms. The highest BCUT2D eigenvalue weighted by Crippen LogP contribution is 2.06. The van der Waals surface area contributed by atoms with E-state index in [0.717, 1.165) is 31.2 Å². The number of unbranched alkanes of at least 4 members (excludes halogenated alkanes) is 6. The van der Waals surface area contributed by atoms with E-state index in [2.05, 4.69) is 17.6 Å². The van der Waals surface area contributed by atoms with E-state index in [1.54, 1.807) is 7.11 Å². The van der Waals surface area contributed by atoms with Gasteiger partial charge in [-0.15, -0.1) is 0 Å². The highest BCUT2D eigenvalue weighted by atomic mass is 32.1. The molecule has 4 heteroatoms. The molecule has 0 saturated carbocycles. The van der Waals surface area contributed by atoms with Gasteiger partial charge in [0.05, 0.1) is 0 Å². The second-order valence-electron chi connectivity index (χ2n) is 4.65. The average molecular weight is 274 g/mol. The average Bonchev–Trinajstić information content (AvgIpc) is 2.38. The van der Waals surface area contributed by atoms with Gasteiger partial charge in [0.2, 0.25) is 0 Å². The van der Waals surface area contributed by atoms with Crippen molar-refractivity contribution in [3.05, 3.63) is 0 Å². The van der Waals surface area contributed by atoms with E-state index in [1.165, 1.54) is 44.9 Å². The Morgan fingerprint density at radius 3 is 2.06 bits per heavy atom. The quantitative estimate of drug-likeness (QED) is 0.423. The van der Waals surface area contributed by atoms with Gasteiger partial charge >= 0.3 is 0 Å². The first kappa shape index (κ1) is 17.6. The molecule has 0 aliphatic heterocycles. The van der Waals surface area contributed by atoms with E-state index in [4.69, 9.17) is 17.0 Å². The molecular weight excluding hydrogens is 244 g/mol. The zero-order valence-corrected chi connectivity index (χ0v) is 12.9. The molecule has 108 valence electrons. The molecule has 0 aromatic heterocycles. The molecule has 0 unspecified atom stereocenters. The predicted octanol–water partition coefficient (Wildman–Crippen LogP) is 3.24. The molecule has 0 fully saturated rings. The number of ether oxygens (including phenoxy) is 1. The topological polar surface area (TPSA) is 33.3 Å². The van der Waals surface area contributed by atoms with Crippen molar-refractivity contribution < 1.29 is 4.74 Å². The number of hydrogen-bond acceptors (Lipinski definition) is 2. The molecule has 0 aliphatic rings. The normalized spacial score (nSPS) is 10.3. The summed E-state index contributed by atoms with van der Waals surface area (Å²) in [5.74, 6) is 0. The Morgan fingerprint density at radius 2 is 1.44 bits per heavy atom. The molecule has 0 amide bonds. The minimum absolute atomic E-state index is 0.775. The summed E-state index contributed by atoms with van der Waals surface area (Å²) in [7, 11) is 1.72. The van der Waals surface area contributed by atoms with Crippen LogP contribution in [0.1, 0.15) is 58.3 Å². The smallest absolute Gasteiger partial charge is 0.166 e. The van der Waals surface area contributed by atoms with Gasteiger partial charge in [-0.1, -0.05) is 45.4 Å². The van der Waals surface area contributed by atoms with E-state index < -0.39 is 0 Å². The first-order valence-corrected chi connectivity index (χ1v) is 7.72. The molecule has 0 heterocycles. The Balaban J connectivity index is 3.10. The van der Waals surface area contributed by atoms with Crippen molar-refractivity contribution in [3.8, 4) is 0 Å². The molecule has 0 aromatic rings. The number of methoxy groups -OCH3 is 1. The van der Waals surface area contributed by atoms with Crippen LogP contribution >= 0.6 is 12.2 Å². The van der Waals surface area contributed by atoms with Crippen LogP contribution in [0.25, 0.3) is 0 Å². The Bertz CT molecular complexity index is 189. The van der Waals surface area contributed by atoms with Crippen LogP contribution in [0, 0.1) is 0 Å². The molecular formula is C14H30N2OS. The molecule has 0 rings (SSSR count). The monoisotopic (exact) mass is 274 g/mol. The zero-order valence-electron chi connectivity index (χ0n) is 12.1. The maximum atomic E-state index is 5.18. The van der Waals surface area contributed by atoms with Crippen LogP contribution in [-0.4, -0.2) is 31.9 Å². The van der Waals surface area contributed by atoms with Crippen molar-refractivity contribution >= 4 is 17.3 Å². The lowest BCUT2D eigenvalue weighted by Crippen LogP contribution is -2.36. The van der Waals surface area contributed by atoms with E-state index in [9.17, 15) is 0 Å². The maximum Gasteiger partial charge on any atom is 0.166 e. The molecule has 0 bridgehead atoms. The lowest BCUT2D eigenvalue weighted by Gasteiger charge is -2.10. The van der Waals surface area contributed by atoms with Gasteiger partial charge in [0.25, 0.3) is 0 Å². The Kier molecular flexibility index (Phi) is 14.4. The lowest BCUT2D eigenvalue weighted by atomic mass is 10.1. The van der Waals surface area contributed by atoms with E-state index in [0.29, 0.717) is 0 Å². The van der Waals surface area contributed by atoms with Gasteiger partial charge in [-0.25, -0.2) is 0 Å². The van der Waals surface area contributed by atoms with Crippen LogP contribution in [0.5, 0.6) is 0 Å². The number of thiocarbonyl (C=S) groups is 1. The van der Waals surface area contributed by atoms with Gasteiger partial charge in [-0.2, -0.15) is 0 Å². The van der Waals surface area contributed by atoms with Crippen LogP contribution in [0.15, 0.2) is 0 Å². The van der Waals surface area contributed by atoms with Gasteiger partial charge in [-0.05, 0) is 25.1 Å². The third-order valence-electron chi connectivity index (χ3n) is 2.88. The molecule has 0 saturated heterocycles. The lowest BCUT2D eigenvalue weighted by molar-refractivity contribution is 0.195. The largest absolute Gasteiger partial charge is 0.385 e. The third-order valence-corrected chi connectivity index (χ3v) is 3.17. The van der Waals surface area contributed by atoms with Crippen molar-refractivity contribution in [2.45, 2.75) is 58.3 Å². The highest BCUT2D eigenvalue weighted by molar-refractivity contribution is 7.80. The van der Waals surface area contributed by atoms with Crippen molar-refractivity contribution in [3.63, 3.8) is 0 Å². The summed E-state index contributed by atoms with van der Waals surface area (Å²) in [4.78, 5) is 0. The zero-order chi connectivity index (χ0) is 13.5. The second kappa shape index (κ2) is 14.7. The number of rotatable bonds is 12. The Morgan fingerprint density at radius 1 is 0.889 bits per heavy atom. The molecule has 2 N–H and O–H groups in total. The van der Waals surface area contributed by atoms with E-state index in [1.807, 2.05) is 0 Å².